The van der Waals surface area contributed by atoms with Crippen LogP contribution in [0.5, 0.6) is 0 Å². The zero-order valence-corrected chi connectivity index (χ0v) is 21.6. The maximum Gasteiger partial charge on any atom is 0.252 e. The highest BCUT2D eigenvalue weighted by atomic mass is 19.1. The first kappa shape index (κ1) is 25.0. The van der Waals surface area contributed by atoms with Gasteiger partial charge in [-0.05, 0) is 46.5 Å². The van der Waals surface area contributed by atoms with Crippen molar-refractivity contribution in [3.05, 3.63) is 149 Å². The predicted molar refractivity (Wildman–Crippen MR) is 154 cm³/mol. The summed E-state index contributed by atoms with van der Waals surface area (Å²) in [7, 11) is 0. The van der Waals surface area contributed by atoms with Crippen molar-refractivity contribution in [2.24, 2.45) is 4.99 Å². The van der Waals surface area contributed by atoms with Gasteiger partial charge in [-0.25, -0.2) is 4.39 Å². The number of likely N-dealkylation sites (tertiary alicyclic amines) is 1. The summed E-state index contributed by atoms with van der Waals surface area (Å²) >= 11 is 0. The van der Waals surface area contributed by atoms with Crippen LogP contribution in [0.4, 0.5) is 4.39 Å². The van der Waals surface area contributed by atoms with E-state index in [1.807, 2.05) is 42.5 Å². The number of allylic oxidation sites excluding steroid dienone is 1. The van der Waals surface area contributed by atoms with Crippen molar-refractivity contribution in [2.75, 3.05) is 19.6 Å². The van der Waals surface area contributed by atoms with E-state index in [0.717, 1.165) is 42.0 Å². The Hall–Kier alpha value is -4.35. The first-order valence-corrected chi connectivity index (χ1v) is 13.4. The van der Waals surface area contributed by atoms with Gasteiger partial charge in [0.1, 0.15) is 5.82 Å². The molecule has 6 rings (SSSR count). The van der Waals surface area contributed by atoms with Crippen molar-refractivity contribution >= 4 is 17.2 Å². The Labute approximate surface area is 228 Å². The van der Waals surface area contributed by atoms with Gasteiger partial charge in [-0.1, -0.05) is 91.0 Å². The third-order valence-electron chi connectivity index (χ3n) is 7.58. The second kappa shape index (κ2) is 11.2. The largest absolute Gasteiger partial charge is 0.347 e. The normalized spacial score (nSPS) is 19.0. The molecule has 4 aromatic rings. The number of carbonyl (C=O) groups is 1. The van der Waals surface area contributed by atoms with Gasteiger partial charge in [0.15, 0.2) is 0 Å². The zero-order valence-electron chi connectivity index (χ0n) is 21.6. The molecule has 0 radical (unpaired) electrons. The molecule has 2 heterocycles. The van der Waals surface area contributed by atoms with Crippen LogP contribution in [0.25, 0.3) is 5.57 Å². The molecule has 1 N–H and O–H groups in total. The fraction of sp³-hybridized carbons (Fsp3) is 0.176. The highest BCUT2D eigenvalue weighted by Crippen LogP contribution is 2.30. The molecule has 0 saturated carbocycles. The van der Waals surface area contributed by atoms with Gasteiger partial charge in [-0.15, -0.1) is 0 Å². The van der Waals surface area contributed by atoms with Crippen LogP contribution in [-0.4, -0.2) is 42.2 Å². The van der Waals surface area contributed by atoms with Gasteiger partial charge in [0, 0.05) is 42.7 Å². The van der Waals surface area contributed by atoms with Crippen molar-refractivity contribution < 1.29 is 9.18 Å². The third kappa shape index (κ3) is 5.59. The molecular weight excluding hydrogens is 485 g/mol. The van der Waals surface area contributed by atoms with E-state index in [2.05, 4.69) is 58.7 Å². The van der Waals surface area contributed by atoms with Gasteiger partial charge in [0.2, 0.25) is 0 Å². The minimum atomic E-state index is -0.261. The van der Waals surface area contributed by atoms with Gasteiger partial charge in [-0.2, -0.15) is 0 Å². The summed E-state index contributed by atoms with van der Waals surface area (Å²) in [6.07, 6.45) is 2.00. The van der Waals surface area contributed by atoms with Crippen molar-refractivity contribution in [2.45, 2.75) is 18.5 Å². The van der Waals surface area contributed by atoms with Gasteiger partial charge in [0.05, 0.1) is 12.3 Å². The Balaban J connectivity index is 1.23. The molecule has 0 unspecified atom stereocenters. The number of rotatable bonds is 7. The number of hydrogen-bond donors (Lipinski definition) is 1. The number of halogens is 1. The van der Waals surface area contributed by atoms with Crippen molar-refractivity contribution in [1.29, 1.82) is 0 Å². The van der Waals surface area contributed by atoms with Crippen molar-refractivity contribution in [3.8, 4) is 0 Å². The van der Waals surface area contributed by atoms with E-state index in [1.165, 1.54) is 23.3 Å². The highest BCUT2D eigenvalue weighted by molar-refractivity contribution is 6.19. The smallest absolute Gasteiger partial charge is 0.252 e. The second-order valence-corrected chi connectivity index (χ2v) is 10.2. The Morgan fingerprint density at radius 3 is 2.31 bits per heavy atom. The summed E-state index contributed by atoms with van der Waals surface area (Å²) in [5.41, 5.74) is 6.65. The monoisotopic (exact) mass is 515 g/mol. The molecule has 1 amide bonds. The van der Waals surface area contributed by atoms with Crippen LogP contribution in [0.15, 0.2) is 120 Å². The van der Waals surface area contributed by atoms with Crippen LogP contribution in [0.3, 0.4) is 0 Å². The van der Waals surface area contributed by atoms with Crippen LogP contribution in [0.1, 0.15) is 38.5 Å². The predicted octanol–water partition coefficient (Wildman–Crippen LogP) is 6.11. The van der Waals surface area contributed by atoms with Crippen LogP contribution in [-0.2, 0) is 6.54 Å². The van der Waals surface area contributed by atoms with Gasteiger partial charge in [0.25, 0.3) is 5.91 Å². The lowest BCUT2D eigenvalue weighted by atomic mass is 9.93. The minimum absolute atomic E-state index is 0.0208. The summed E-state index contributed by atoms with van der Waals surface area (Å²) in [6, 6.07) is 35.0. The third-order valence-corrected chi connectivity index (χ3v) is 7.58. The lowest BCUT2D eigenvalue weighted by Gasteiger charge is -2.21. The number of benzene rings is 4. The van der Waals surface area contributed by atoms with Gasteiger partial charge < -0.3 is 5.32 Å². The van der Waals surface area contributed by atoms with Crippen molar-refractivity contribution in [3.63, 3.8) is 0 Å². The summed E-state index contributed by atoms with van der Waals surface area (Å²) in [5, 5.41) is 3.37. The lowest BCUT2D eigenvalue weighted by Crippen LogP contribution is -2.40. The number of hydrogen-bond acceptors (Lipinski definition) is 3. The molecule has 4 aromatic carbocycles. The molecule has 39 heavy (non-hydrogen) atoms. The summed E-state index contributed by atoms with van der Waals surface area (Å²) in [6.45, 7) is 3.00. The summed E-state index contributed by atoms with van der Waals surface area (Å²) in [5.74, 6) is -0.159. The topological polar surface area (TPSA) is 44.7 Å². The zero-order chi connectivity index (χ0) is 26.6. The standard InChI is InChI=1S/C34H30FN3O/c35-28-17-15-25(16-18-28)27-19-32(36-20-27)29-13-7-8-14-30(29)34(39)37-33-23-38(21-24-9-3-1-4-10-24)22-31(33)26-11-5-2-6-12-26/h1-19,31,33H,20-23H2,(H,37,39)/t31-,33+/m0/s1. The van der Waals surface area contributed by atoms with Crippen molar-refractivity contribution in [1.82, 2.24) is 10.2 Å². The van der Waals surface area contributed by atoms with Crippen LogP contribution in [0, 0.1) is 5.82 Å². The Bertz CT molecular complexity index is 1510. The molecule has 1 fully saturated rings. The quantitative estimate of drug-likeness (QED) is 0.323. The van der Waals surface area contributed by atoms with E-state index < -0.39 is 0 Å². The second-order valence-electron chi connectivity index (χ2n) is 10.2. The van der Waals surface area contributed by atoms with E-state index in [-0.39, 0.29) is 23.7 Å². The van der Waals surface area contributed by atoms with E-state index in [0.29, 0.717) is 12.1 Å². The first-order valence-electron chi connectivity index (χ1n) is 13.4. The maximum atomic E-state index is 13.8. The molecule has 0 bridgehead atoms. The molecule has 1 saturated heterocycles. The number of nitrogens with zero attached hydrogens (tertiary/aromatic N) is 2. The number of carbonyl (C=O) groups excluding carboxylic acids is 1. The number of amides is 1. The number of nitrogens with one attached hydrogen (secondary N) is 1. The minimum Gasteiger partial charge on any atom is -0.347 e. The van der Waals surface area contributed by atoms with E-state index in [1.54, 1.807) is 12.1 Å². The first-order chi connectivity index (χ1) is 19.1. The lowest BCUT2D eigenvalue weighted by molar-refractivity contribution is 0.0935. The maximum absolute atomic E-state index is 13.8. The Kier molecular flexibility index (Phi) is 7.15. The summed E-state index contributed by atoms with van der Waals surface area (Å²) in [4.78, 5) is 20.9. The molecule has 0 spiro atoms. The fourth-order valence-corrected chi connectivity index (χ4v) is 5.62. The molecular formula is C34H30FN3O. The fourth-order valence-electron chi connectivity index (χ4n) is 5.62. The Morgan fingerprint density at radius 1 is 0.846 bits per heavy atom. The van der Waals surface area contributed by atoms with Crippen LogP contribution >= 0.6 is 0 Å². The molecule has 0 aromatic heterocycles. The molecule has 0 aliphatic carbocycles. The van der Waals surface area contributed by atoms with Gasteiger partial charge in [-0.3, -0.25) is 14.7 Å². The average molecular weight is 516 g/mol. The molecule has 194 valence electrons. The van der Waals surface area contributed by atoms with E-state index in [4.69, 9.17) is 4.99 Å². The van der Waals surface area contributed by atoms with E-state index >= 15 is 0 Å². The van der Waals surface area contributed by atoms with Gasteiger partial charge >= 0.3 is 0 Å². The SMILES string of the molecule is O=C(N[C@@H]1CN(Cc2ccccc2)C[C@H]1c1ccccc1)c1ccccc1C1=NCC(c2ccc(F)cc2)=C1. The number of aliphatic imine (C=N–C) groups is 1. The molecule has 2 atom stereocenters. The van der Waals surface area contributed by atoms with Crippen LogP contribution < -0.4 is 5.32 Å². The average Bonchev–Trinajstić information content (AvgIpc) is 3.62. The summed E-state index contributed by atoms with van der Waals surface area (Å²) < 4.78 is 13.4. The molecule has 2 aliphatic rings. The molecule has 2 aliphatic heterocycles. The molecule has 4 nitrogen and oxygen atoms in total. The highest BCUT2D eigenvalue weighted by Gasteiger charge is 2.35. The Morgan fingerprint density at radius 2 is 1.54 bits per heavy atom. The van der Waals surface area contributed by atoms with Crippen LogP contribution in [0.2, 0.25) is 0 Å². The molecule has 5 heteroatoms. The van der Waals surface area contributed by atoms with E-state index in [9.17, 15) is 9.18 Å².